The zero-order valence-electron chi connectivity index (χ0n) is 5.85. The monoisotopic (exact) mass is 179 g/mol. The van der Waals surface area contributed by atoms with Crippen LogP contribution in [-0.4, -0.2) is 58.2 Å². The van der Waals surface area contributed by atoms with Crippen molar-refractivity contribution in [3.05, 3.63) is 0 Å². The van der Waals surface area contributed by atoms with Crippen molar-refractivity contribution in [1.29, 1.82) is 0 Å². The van der Waals surface area contributed by atoms with Gasteiger partial charge in [-0.2, -0.15) is 0 Å². The molecule has 0 heterocycles. The van der Waals surface area contributed by atoms with Crippen molar-refractivity contribution in [3.8, 4) is 0 Å². The van der Waals surface area contributed by atoms with Gasteiger partial charge >= 0.3 is 56.9 Å². The summed E-state index contributed by atoms with van der Waals surface area (Å²) < 4.78 is 4.83. The number of hydrogen-bond acceptors (Lipinski definition) is 2. The van der Waals surface area contributed by atoms with Crippen molar-refractivity contribution in [3.63, 3.8) is 0 Å². The molecule has 0 aromatic carbocycles. The normalized spacial score (nSPS) is 6.22. The molecule has 4 N–H and O–H groups in total. The second-order valence-corrected chi connectivity index (χ2v) is 1.14. The summed E-state index contributed by atoms with van der Waals surface area (Å²) in [5.41, 5.74) is 0. The molecule has 0 aliphatic heterocycles. The summed E-state index contributed by atoms with van der Waals surface area (Å²) in [6.45, 7) is 1.84. The van der Waals surface area contributed by atoms with Crippen LogP contribution in [0.2, 0.25) is 0 Å². The summed E-state index contributed by atoms with van der Waals surface area (Å²) in [6.07, 6.45) is 1.02. The molecule has 0 unspecified atom stereocenters. The molecule has 0 spiro atoms. The van der Waals surface area contributed by atoms with Crippen LogP contribution < -0.4 is 6.15 Å². The first-order valence-corrected chi connectivity index (χ1v) is 6.66. The van der Waals surface area contributed by atoms with Crippen LogP contribution in [0.15, 0.2) is 0 Å². The van der Waals surface area contributed by atoms with E-state index in [1.807, 2.05) is 6.92 Å². The van der Waals surface area contributed by atoms with Gasteiger partial charge in [-0.05, 0) is 6.42 Å². The SMILES string of the molecule is CCCC(=O)O.N.[Cl][K]. The van der Waals surface area contributed by atoms with Crippen LogP contribution in [0.5, 0.6) is 0 Å². The van der Waals surface area contributed by atoms with Gasteiger partial charge in [0.15, 0.2) is 0 Å². The number of aliphatic carboxylic acids is 1. The molecule has 0 saturated heterocycles. The van der Waals surface area contributed by atoms with Gasteiger partial charge in [0.25, 0.3) is 0 Å². The molecule has 0 aliphatic carbocycles. The molecule has 0 aliphatic rings. The van der Waals surface area contributed by atoms with Crippen LogP contribution in [0.3, 0.4) is 0 Å². The first kappa shape index (κ1) is 16.8. The molecule has 5 heteroatoms. The summed E-state index contributed by atoms with van der Waals surface area (Å²) in [5, 5.41) is 7.91. The van der Waals surface area contributed by atoms with Crippen LogP contribution in [0.25, 0.3) is 0 Å². The Morgan fingerprint density at radius 1 is 1.67 bits per heavy atom. The van der Waals surface area contributed by atoms with Crippen molar-refractivity contribution in [2.24, 2.45) is 0 Å². The first-order valence-electron chi connectivity index (χ1n) is 2.37. The number of carboxylic acids is 1. The molecule has 0 rings (SSSR count). The fourth-order valence-electron chi connectivity index (χ4n) is 0.214. The van der Waals surface area contributed by atoms with Gasteiger partial charge in [0, 0.05) is 6.42 Å². The molecular weight excluding hydrogens is 169 g/mol. The number of carboxylic acid groups (broad SMARTS) is 1. The molecule has 52 valence electrons. The molecule has 9 heavy (non-hydrogen) atoms. The third-order valence-corrected chi connectivity index (χ3v) is 0.464. The Balaban J connectivity index is -0.000000109. The fraction of sp³-hybridized carbons (Fsp3) is 0.750. The predicted molar refractivity (Wildman–Crippen MR) is 39.2 cm³/mol. The molecule has 0 bridgehead atoms. The van der Waals surface area contributed by atoms with Crippen LogP contribution in [0.4, 0.5) is 0 Å². The molecule has 0 aromatic heterocycles. The average Bonchev–Trinajstić information content (AvgIpc) is 1.72. The third-order valence-electron chi connectivity index (χ3n) is 0.464. The molecule has 0 radical (unpaired) electrons. The second-order valence-electron chi connectivity index (χ2n) is 1.14. The summed E-state index contributed by atoms with van der Waals surface area (Å²) in [7, 11) is 0. The van der Waals surface area contributed by atoms with Crippen molar-refractivity contribution in [1.82, 2.24) is 6.15 Å². The fourth-order valence-corrected chi connectivity index (χ4v) is 0.214. The van der Waals surface area contributed by atoms with E-state index in [0.717, 1.165) is 6.42 Å². The van der Waals surface area contributed by atoms with Crippen LogP contribution in [0.1, 0.15) is 19.8 Å². The molecule has 0 amide bonds. The first-order chi connectivity index (χ1) is 3.77. The number of halogens is 1. The third kappa shape index (κ3) is 26.7. The maximum atomic E-state index is 9.60. The van der Waals surface area contributed by atoms with Gasteiger partial charge in [0.2, 0.25) is 0 Å². The van der Waals surface area contributed by atoms with Crippen molar-refractivity contribution >= 4 is 56.9 Å². The molecule has 0 atom stereocenters. The van der Waals surface area contributed by atoms with Crippen LogP contribution in [-0.2, 0) is 4.79 Å². The number of rotatable bonds is 2. The standard InChI is InChI=1S/C4H8O2.ClH.K.H3N/c1-2-3-4(5)6;;;/h2-3H2,1H3,(H,5,6);1H;;1H3/q;;+1;/p-1. The second kappa shape index (κ2) is 16.2. The quantitative estimate of drug-likeness (QED) is 0.629. The summed E-state index contributed by atoms with van der Waals surface area (Å²) in [4.78, 5) is 9.60. The Labute approximate surface area is 91.1 Å². The van der Waals surface area contributed by atoms with Crippen molar-refractivity contribution in [2.75, 3.05) is 0 Å². The average molecular weight is 180 g/mol. The van der Waals surface area contributed by atoms with E-state index in [1.165, 1.54) is 0 Å². The Kier molecular flexibility index (Phi) is 30.1. The topological polar surface area (TPSA) is 72.3 Å². The zero-order valence-corrected chi connectivity index (χ0v) is 9.73. The maximum absolute atomic E-state index is 9.60. The number of hydrogen-bond donors (Lipinski definition) is 2. The molecule has 0 saturated carbocycles. The zero-order chi connectivity index (χ0) is 6.99. The predicted octanol–water partition coefficient (Wildman–Crippen LogP) is 1.34. The van der Waals surface area contributed by atoms with Gasteiger partial charge in [0.05, 0.1) is 0 Å². The Morgan fingerprint density at radius 3 is 2.00 bits per heavy atom. The van der Waals surface area contributed by atoms with Gasteiger partial charge < -0.3 is 11.3 Å². The van der Waals surface area contributed by atoms with E-state index >= 15 is 0 Å². The van der Waals surface area contributed by atoms with E-state index in [-0.39, 0.29) is 6.15 Å². The Hall–Kier alpha value is 1.36. The minimum atomic E-state index is -0.711. The summed E-state index contributed by atoms with van der Waals surface area (Å²) in [5.74, 6) is -0.711. The van der Waals surface area contributed by atoms with Crippen molar-refractivity contribution < 1.29 is 9.90 Å². The molecular formula is C4H11ClKNO2. The Morgan fingerprint density at radius 2 is 2.00 bits per heavy atom. The Bertz CT molecular complexity index is 62.5. The number of carbonyl (C=O) groups is 1. The van der Waals surface area contributed by atoms with Gasteiger partial charge in [-0.3, -0.25) is 4.79 Å². The summed E-state index contributed by atoms with van der Waals surface area (Å²) >= 11 is 0.535. The van der Waals surface area contributed by atoms with E-state index < -0.39 is 5.97 Å². The van der Waals surface area contributed by atoms with Crippen LogP contribution in [0, 0.1) is 0 Å². The van der Waals surface area contributed by atoms with Crippen LogP contribution >= 0.6 is 3.76 Å². The molecule has 0 aromatic rings. The van der Waals surface area contributed by atoms with Gasteiger partial charge in [-0.25, -0.2) is 0 Å². The van der Waals surface area contributed by atoms with Gasteiger partial charge in [-0.15, -0.1) is 0 Å². The molecule has 0 fully saturated rings. The van der Waals surface area contributed by atoms with E-state index in [0.29, 0.717) is 53.6 Å². The molecule has 3 nitrogen and oxygen atoms in total. The van der Waals surface area contributed by atoms with E-state index in [1.54, 1.807) is 0 Å². The van der Waals surface area contributed by atoms with E-state index in [9.17, 15) is 4.79 Å². The van der Waals surface area contributed by atoms with Gasteiger partial charge in [0.1, 0.15) is 0 Å². The van der Waals surface area contributed by atoms with Crippen molar-refractivity contribution in [2.45, 2.75) is 19.8 Å². The van der Waals surface area contributed by atoms with E-state index in [2.05, 4.69) is 0 Å². The summed E-state index contributed by atoms with van der Waals surface area (Å²) in [6, 6.07) is 0. The van der Waals surface area contributed by atoms with E-state index in [4.69, 9.17) is 8.87 Å². The van der Waals surface area contributed by atoms with Gasteiger partial charge in [-0.1, -0.05) is 6.92 Å². The minimum absolute atomic E-state index is 0.